The van der Waals surface area contributed by atoms with E-state index in [1.54, 1.807) is 12.1 Å². The van der Waals surface area contributed by atoms with Crippen LogP contribution in [0.15, 0.2) is 61.2 Å². The zero-order valence-electron chi connectivity index (χ0n) is 19.1. The van der Waals surface area contributed by atoms with Crippen molar-refractivity contribution >= 4 is 22.9 Å². The van der Waals surface area contributed by atoms with Crippen molar-refractivity contribution in [1.29, 1.82) is 0 Å². The Morgan fingerprint density at radius 3 is 2.40 bits per heavy atom. The van der Waals surface area contributed by atoms with E-state index in [0.29, 0.717) is 16.7 Å². The molecule has 0 unspecified atom stereocenters. The van der Waals surface area contributed by atoms with E-state index in [9.17, 15) is 15.0 Å². The third-order valence-electron chi connectivity index (χ3n) is 6.30. The Hall–Kier alpha value is -3.86. The van der Waals surface area contributed by atoms with Crippen LogP contribution in [0.1, 0.15) is 29.1 Å². The van der Waals surface area contributed by atoms with E-state index in [0.717, 1.165) is 17.5 Å². The fraction of sp³-hybridized carbons (Fsp3) is 0.280. The minimum absolute atomic E-state index is 0.0115. The topological polar surface area (TPSA) is 148 Å². The van der Waals surface area contributed by atoms with Gasteiger partial charge in [0.05, 0.1) is 6.33 Å². The molecule has 0 spiro atoms. The molecule has 2 aromatic heterocycles. The van der Waals surface area contributed by atoms with Gasteiger partial charge in [-0.2, -0.15) is 0 Å². The molecule has 0 radical (unpaired) electrons. The van der Waals surface area contributed by atoms with Crippen molar-refractivity contribution in [1.82, 2.24) is 24.8 Å². The number of aryl methyl sites for hydroxylation is 1. The van der Waals surface area contributed by atoms with Gasteiger partial charge in [0.1, 0.15) is 30.2 Å². The van der Waals surface area contributed by atoms with Crippen LogP contribution in [0.4, 0.5) is 5.82 Å². The molecule has 0 aliphatic carbocycles. The average Bonchev–Trinajstić information content (AvgIpc) is 3.44. The van der Waals surface area contributed by atoms with Gasteiger partial charge in [-0.25, -0.2) is 15.0 Å². The minimum atomic E-state index is -1.25. The largest absolute Gasteiger partial charge is 0.387 e. The number of aliphatic hydroxyl groups is 2. The summed E-state index contributed by atoms with van der Waals surface area (Å²) in [6.45, 7) is 2.13. The van der Waals surface area contributed by atoms with Crippen molar-refractivity contribution in [2.75, 3.05) is 12.3 Å². The van der Waals surface area contributed by atoms with Crippen LogP contribution >= 0.6 is 0 Å². The molecular weight excluding hydrogens is 448 g/mol. The second-order valence-corrected chi connectivity index (χ2v) is 8.47. The van der Waals surface area contributed by atoms with Crippen LogP contribution in [0.3, 0.4) is 0 Å². The number of anilines is 1. The lowest BCUT2D eigenvalue weighted by Crippen LogP contribution is -2.39. The van der Waals surface area contributed by atoms with Gasteiger partial charge in [-0.1, -0.05) is 43.3 Å². The SMILES string of the molecule is CCc1ccc(-c2ccc(C(=O)NC[C@H]3O[C@@H](n4cnc5c(N)ncnc54)[C@H](O)[C@@H]3O)cc2)cc1. The molecule has 2 aromatic carbocycles. The molecule has 1 aliphatic heterocycles. The number of hydrogen-bond acceptors (Lipinski definition) is 8. The van der Waals surface area contributed by atoms with Crippen LogP contribution in [0.2, 0.25) is 0 Å². The molecule has 3 heterocycles. The Kier molecular flexibility index (Phi) is 6.16. The van der Waals surface area contributed by atoms with E-state index in [4.69, 9.17) is 10.5 Å². The van der Waals surface area contributed by atoms with E-state index >= 15 is 0 Å². The summed E-state index contributed by atoms with van der Waals surface area (Å²) in [6, 6.07) is 15.6. The van der Waals surface area contributed by atoms with E-state index in [-0.39, 0.29) is 18.3 Å². The highest BCUT2D eigenvalue weighted by Crippen LogP contribution is 2.31. The molecule has 5 N–H and O–H groups in total. The first-order valence-electron chi connectivity index (χ1n) is 11.4. The third kappa shape index (κ3) is 4.34. The van der Waals surface area contributed by atoms with Gasteiger partial charge < -0.3 is 26.0 Å². The van der Waals surface area contributed by atoms with Crippen LogP contribution in [0.25, 0.3) is 22.3 Å². The summed E-state index contributed by atoms with van der Waals surface area (Å²) >= 11 is 0. The maximum absolute atomic E-state index is 12.7. The smallest absolute Gasteiger partial charge is 0.251 e. The number of rotatable bonds is 6. The number of carbonyl (C=O) groups is 1. The van der Waals surface area contributed by atoms with Crippen molar-refractivity contribution in [3.63, 3.8) is 0 Å². The summed E-state index contributed by atoms with van der Waals surface area (Å²) < 4.78 is 7.36. The molecule has 5 rings (SSSR count). The summed E-state index contributed by atoms with van der Waals surface area (Å²) in [5.74, 6) is -0.102. The molecule has 180 valence electrons. The van der Waals surface area contributed by atoms with E-state index in [1.807, 2.05) is 12.1 Å². The standard InChI is InChI=1S/C25H26N6O4/c1-2-14-3-5-15(6-4-14)16-7-9-17(10-8-16)24(34)27-11-18-20(32)21(33)25(35-18)31-13-30-19-22(26)28-12-29-23(19)31/h3-10,12-13,18,20-21,25,32-33H,2,11H2,1H3,(H,27,34)(H2,26,28,29)/t18-,20-,21-,25-/m1/s1. The lowest BCUT2D eigenvalue weighted by atomic mass is 10.0. The predicted molar refractivity (Wildman–Crippen MR) is 129 cm³/mol. The Bertz CT molecular complexity index is 1340. The summed E-state index contributed by atoms with van der Waals surface area (Å²) in [4.78, 5) is 24.9. The lowest BCUT2D eigenvalue weighted by Gasteiger charge is -2.16. The molecule has 4 atom stereocenters. The number of aliphatic hydroxyl groups excluding tert-OH is 2. The molecular formula is C25H26N6O4. The van der Waals surface area contributed by atoms with Gasteiger partial charge in [-0.3, -0.25) is 9.36 Å². The Balaban J connectivity index is 1.23. The van der Waals surface area contributed by atoms with Crippen molar-refractivity contribution in [2.24, 2.45) is 0 Å². The fourth-order valence-corrected chi connectivity index (χ4v) is 4.23. The van der Waals surface area contributed by atoms with Crippen LogP contribution in [0, 0.1) is 0 Å². The van der Waals surface area contributed by atoms with Crippen molar-refractivity contribution < 1.29 is 19.7 Å². The number of nitrogens with one attached hydrogen (secondary N) is 1. The van der Waals surface area contributed by atoms with Crippen LogP contribution < -0.4 is 11.1 Å². The normalized spacial score (nSPS) is 21.9. The molecule has 1 amide bonds. The van der Waals surface area contributed by atoms with Crippen molar-refractivity contribution in [3.05, 3.63) is 72.3 Å². The van der Waals surface area contributed by atoms with E-state index in [1.165, 1.54) is 22.8 Å². The molecule has 4 aromatic rings. The van der Waals surface area contributed by atoms with Gasteiger partial charge in [0.25, 0.3) is 5.91 Å². The minimum Gasteiger partial charge on any atom is -0.387 e. The summed E-state index contributed by atoms with van der Waals surface area (Å²) in [6.07, 6.45) is -0.532. The number of nitrogens with two attached hydrogens (primary N) is 1. The first-order valence-corrected chi connectivity index (χ1v) is 11.4. The van der Waals surface area contributed by atoms with Crippen molar-refractivity contribution in [2.45, 2.75) is 37.9 Å². The average molecular weight is 475 g/mol. The van der Waals surface area contributed by atoms with Gasteiger partial charge >= 0.3 is 0 Å². The molecule has 35 heavy (non-hydrogen) atoms. The molecule has 1 fully saturated rings. The maximum Gasteiger partial charge on any atom is 0.251 e. The molecule has 0 bridgehead atoms. The van der Waals surface area contributed by atoms with Crippen LogP contribution in [-0.4, -0.2) is 60.5 Å². The number of nitrogen functional groups attached to an aromatic ring is 1. The third-order valence-corrected chi connectivity index (χ3v) is 6.30. The molecule has 10 heteroatoms. The first-order chi connectivity index (χ1) is 17.0. The highest BCUT2D eigenvalue weighted by atomic mass is 16.6. The van der Waals surface area contributed by atoms with E-state index < -0.39 is 24.5 Å². The van der Waals surface area contributed by atoms with Crippen LogP contribution in [-0.2, 0) is 11.2 Å². The predicted octanol–water partition coefficient (Wildman–Crippen LogP) is 1.69. The molecule has 1 saturated heterocycles. The summed E-state index contributed by atoms with van der Waals surface area (Å²) in [5, 5.41) is 23.9. The zero-order chi connectivity index (χ0) is 24.5. The number of fused-ring (bicyclic) bond motifs is 1. The number of benzene rings is 2. The number of aromatic nitrogens is 4. The number of imidazole rings is 1. The Morgan fingerprint density at radius 2 is 1.71 bits per heavy atom. The highest BCUT2D eigenvalue weighted by molar-refractivity contribution is 5.94. The zero-order valence-corrected chi connectivity index (χ0v) is 19.1. The molecule has 10 nitrogen and oxygen atoms in total. The Morgan fingerprint density at radius 1 is 1.03 bits per heavy atom. The summed E-state index contributed by atoms with van der Waals surface area (Å²) in [5.41, 5.74) is 10.4. The lowest BCUT2D eigenvalue weighted by molar-refractivity contribution is -0.0337. The number of carbonyl (C=O) groups excluding carboxylic acids is 1. The van der Waals surface area contributed by atoms with Crippen LogP contribution in [0.5, 0.6) is 0 Å². The quantitative estimate of drug-likeness (QED) is 0.330. The number of amides is 1. The van der Waals surface area contributed by atoms with E-state index in [2.05, 4.69) is 51.5 Å². The van der Waals surface area contributed by atoms with Gasteiger partial charge in [0.15, 0.2) is 17.7 Å². The monoisotopic (exact) mass is 474 g/mol. The number of ether oxygens (including phenoxy) is 1. The Labute approximate surface area is 201 Å². The van der Waals surface area contributed by atoms with Gasteiger partial charge in [-0.05, 0) is 35.2 Å². The number of nitrogens with zero attached hydrogens (tertiary/aromatic N) is 4. The second-order valence-electron chi connectivity index (χ2n) is 8.47. The van der Waals surface area contributed by atoms with Crippen molar-refractivity contribution in [3.8, 4) is 11.1 Å². The van der Waals surface area contributed by atoms with Gasteiger partial charge in [-0.15, -0.1) is 0 Å². The highest BCUT2D eigenvalue weighted by Gasteiger charge is 2.44. The molecule has 0 saturated carbocycles. The maximum atomic E-state index is 12.7. The fourth-order valence-electron chi connectivity index (χ4n) is 4.23. The second kappa shape index (κ2) is 9.41. The van der Waals surface area contributed by atoms with Gasteiger partial charge in [0.2, 0.25) is 0 Å². The van der Waals surface area contributed by atoms with Gasteiger partial charge in [0, 0.05) is 12.1 Å². The number of hydrogen-bond donors (Lipinski definition) is 4. The first kappa shape index (κ1) is 22.9. The molecule has 1 aliphatic rings. The summed E-state index contributed by atoms with van der Waals surface area (Å²) in [7, 11) is 0.